The highest BCUT2D eigenvalue weighted by Crippen LogP contribution is 2.24. The minimum Gasteiger partial charge on any atom is -0.497 e. The van der Waals surface area contributed by atoms with Crippen molar-refractivity contribution in [2.24, 2.45) is 7.05 Å². The first-order valence-electron chi connectivity index (χ1n) is 8.88. The maximum atomic E-state index is 12.9. The fourth-order valence-electron chi connectivity index (χ4n) is 2.82. The van der Waals surface area contributed by atoms with E-state index in [0.29, 0.717) is 17.9 Å². The number of ether oxygens (including phenoxy) is 2. The zero-order chi connectivity index (χ0) is 19.9. The maximum absolute atomic E-state index is 12.9. The summed E-state index contributed by atoms with van der Waals surface area (Å²) in [6.45, 7) is 4.04. The molecule has 1 heterocycles. The lowest BCUT2D eigenvalue weighted by atomic mass is 10.0. The number of hydrogen-bond acceptors (Lipinski definition) is 4. The van der Waals surface area contributed by atoms with Gasteiger partial charge in [0.05, 0.1) is 7.11 Å². The molecule has 6 nitrogen and oxygen atoms in total. The number of carbonyl (C=O) groups is 1. The molecule has 1 atom stereocenters. The van der Waals surface area contributed by atoms with Crippen LogP contribution in [0, 0.1) is 0 Å². The van der Waals surface area contributed by atoms with Crippen molar-refractivity contribution in [1.82, 2.24) is 14.9 Å². The van der Waals surface area contributed by atoms with E-state index in [1.807, 2.05) is 42.1 Å². The highest BCUT2D eigenvalue weighted by Gasteiger charge is 2.21. The molecule has 3 rings (SSSR count). The number of methoxy groups -OCH3 is 1. The summed E-state index contributed by atoms with van der Waals surface area (Å²) in [5.41, 5.74) is 1.45. The highest BCUT2D eigenvalue weighted by molar-refractivity contribution is 5.94. The van der Waals surface area contributed by atoms with Crippen LogP contribution in [0.3, 0.4) is 0 Å². The van der Waals surface area contributed by atoms with Gasteiger partial charge in [-0.1, -0.05) is 24.8 Å². The second-order valence-corrected chi connectivity index (χ2v) is 6.20. The van der Waals surface area contributed by atoms with E-state index in [9.17, 15) is 4.79 Å². The van der Waals surface area contributed by atoms with Crippen LogP contribution >= 0.6 is 0 Å². The van der Waals surface area contributed by atoms with Crippen LogP contribution in [-0.2, 0) is 7.05 Å². The molecule has 1 unspecified atom stereocenters. The zero-order valence-electron chi connectivity index (χ0n) is 16.0. The average Bonchev–Trinajstić information content (AvgIpc) is 3.16. The van der Waals surface area contributed by atoms with Crippen LogP contribution < -0.4 is 14.8 Å². The average molecular weight is 377 g/mol. The lowest BCUT2D eigenvalue weighted by Gasteiger charge is -2.19. The van der Waals surface area contributed by atoms with Crippen LogP contribution in [-0.4, -0.2) is 29.2 Å². The topological polar surface area (TPSA) is 65.4 Å². The molecular weight excluding hydrogens is 354 g/mol. The molecule has 0 spiro atoms. The molecule has 0 aliphatic carbocycles. The first-order valence-corrected chi connectivity index (χ1v) is 8.88. The van der Waals surface area contributed by atoms with Gasteiger partial charge in [0.1, 0.15) is 30.0 Å². The monoisotopic (exact) mass is 377 g/mol. The SMILES string of the molecule is C=CCOc1ccc(C(=O)NC(c2ccc(OC)cc2)c2nccn2C)cc1. The molecule has 1 N–H and O–H groups in total. The molecule has 1 aromatic heterocycles. The Bertz CT molecular complexity index is 930. The summed E-state index contributed by atoms with van der Waals surface area (Å²) in [6, 6.07) is 14.2. The van der Waals surface area contributed by atoms with E-state index in [4.69, 9.17) is 9.47 Å². The van der Waals surface area contributed by atoms with Gasteiger partial charge in [-0.25, -0.2) is 4.98 Å². The predicted octanol–water partition coefficient (Wildman–Crippen LogP) is 3.51. The normalized spacial score (nSPS) is 11.5. The van der Waals surface area contributed by atoms with Gasteiger partial charge in [-0.15, -0.1) is 0 Å². The third-order valence-electron chi connectivity index (χ3n) is 4.33. The summed E-state index contributed by atoms with van der Waals surface area (Å²) in [5, 5.41) is 3.07. The first kappa shape index (κ1) is 19.2. The lowest BCUT2D eigenvalue weighted by Crippen LogP contribution is -2.31. The van der Waals surface area contributed by atoms with Crippen molar-refractivity contribution in [3.63, 3.8) is 0 Å². The summed E-state index contributed by atoms with van der Waals surface area (Å²) >= 11 is 0. The molecule has 0 aliphatic rings. The van der Waals surface area contributed by atoms with Crippen molar-refractivity contribution >= 4 is 5.91 Å². The van der Waals surface area contributed by atoms with E-state index < -0.39 is 6.04 Å². The minimum absolute atomic E-state index is 0.195. The van der Waals surface area contributed by atoms with Gasteiger partial charge in [-0.3, -0.25) is 4.79 Å². The Balaban J connectivity index is 1.83. The van der Waals surface area contributed by atoms with Crippen LogP contribution in [0.4, 0.5) is 0 Å². The number of aromatic nitrogens is 2. The lowest BCUT2D eigenvalue weighted by molar-refractivity contribution is 0.0941. The van der Waals surface area contributed by atoms with Gasteiger partial charge in [0.25, 0.3) is 5.91 Å². The zero-order valence-corrected chi connectivity index (χ0v) is 16.0. The Kier molecular flexibility index (Phi) is 6.11. The fraction of sp³-hybridized carbons (Fsp3) is 0.182. The third-order valence-corrected chi connectivity index (χ3v) is 4.33. The van der Waals surface area contributed by atoms with E-state index >= 15 is 0 Å². The number of amides is 1. The van der Waals surface area contributed by atoms with E-state index in [-0.39, 0.29) is 5.91 Å². The Hall–Kier alpha value is -3.54. The van der Waals surface area contributed by atoms with Crippen LogP contribution in [0.25, 0.3) is 0 Å². The number of imidazole rings is 1. The molecule has 1 amide bonds. The molecule has 6 heteroatoms. The highest BCUT2D eigenvalue weighted by atomic mass is 16.5. The van der Waals surface area contributed by atoms with Crippen molar-refractivity contribution in [2.45, 2.75) is 6.04 Å². The summed E-state index contributed by atoms with van der Waals surface area (Å²) < 4.78 is 12.6. The summed E-state index contributed by atoms with van der Waals surface area (Å²) in [7, 11) is 3.52. The summed E-state index contributed by atoms with van der Waals surface area (Å²) in [5.74, 6) is 1.99. The molecule has 2 aromatic carbocycles. The molecule has 0 fully saturated rings. The van der Waals surface area contributed by atoms with Gasteiger partial charge in [-0.05, 0) is 42.0 Å². The molecule has 3 aromatic rings. The van der Waals surface area contributed by atoms with E-state index in [1.54, 1.807) is 43.6 Å². The predicted molar refractivity (Wildman–Crippen MR) is 108 cm³/mol. The maximum Gasteiger partial charge on any atom is 0.252 e. The number of hydrogen-bond donors (Lipinski definition) is 1. The number of nitrogens with one attached hydrogen (secondary N) is 1. The fourth-order valence-corrected chi connectivity index (χ4v) is 2.82. The Morgan fingerprint density at radius 1 is 1.18 bits per heavy atom. The molecular formula is C22H23N3O3. The summed E-state index contributed by atoms with van der Waals surface area (Å²) in [4.78, 5) is 17.3. The van der Waals surface area contributed by atoms with E-state index in [2.05, 4.69) is 16.9 Å². The molecule has 28 heavy (non-hydrogen) atoms. The van der Waals surface area contributed by atoms with Gasteiger partial charge < -0.3 is 19.4 Å². The summed E-state index contributed by atoms with van der Waals surface area (Å²) in [6.07, 6.45) is 5.24. The van der Waals surface area contributed by atoms with E-state index in [1.165, 1.54) is 0 Å². The number of aryl methyl sites for hydroxylation is 1. The van der Waals surface area contributed by atoms with Gasteiger partial charge in [0.2, 0.25) is 0 Å². The largest absolute Gasteiger partial charge is 0.497 e. The molecule has 0 aliphatic heterocycles. The molecule has 0 radical (unpaired) electrons. The van der Waals surface area contributed by atoms with Crippen LogP contribution in [0.2, 0.25) is 0 Å². The van der Waals surface area contributed by atoms with Crippen LogP contribution in [0.1, 0.15) is 27.8 Å². The first-order chi connectivity index (χ1) is 13.6. The second-order valence-electron chi connectivity index (χ2n) is 6.20. The van der Waals surface area contributed by atoms with Crippen molar-refractivity contribution in [3.05, 3.63) is 90.5 Å². The van der Waals surface area contributed by atoms with Crippen molar-refractivity contribution in [1.29, 1.82) is 0 Å². The number of benzene rings is 2. The smallest absolute Gasteiger partial charge is 0.252 e. The third kappa shape index (κ3) is 4.40. The van der Waals surface area contributed by atoms with Crippen LogP contribution in [0.5, 0.6) is 11.5 Å². The number of nitrogens with zero attached hydrogens (tertiary/aromatic N) is 2. The Morgan fingerprint density at radius 2 is 1.86 bits per heavy atom. The number of carbonyl (C=O) groups excluding carboxylic acids is 1. The van der Waals surface area contributed by atoms with E-state index in [0.717, 1.165) is 17.1 Å². The van der Waals surface area contributed by atoms with Crippen molar-refractivity contribution in [2.75, 3.05) is 13.7 Å². The standard InChI is InChI=1S/C22H23N3O3/c1-4-15-28-19-11-7-17(8-12-19)22(26)24-20(21-23-13-14-25(21)2)16-5-9-18(27-3)10-6-16/h4-14,20H,1,15H2,2-3H3,(H,24,26). The molecule has 0 saturated carbocycles. The molecule has 144 valence electrons. The van der Waals surface area contributed by atoms with Gasteiger partial charge in [0.15, 0.2) is 0 Å². The van der Waals surface area contributed by atoms with Gasteiger partial charge in [0, 0.05) is 25.0 Å². The van der Waals surface area contributed by atoms with Gasteiger partial charge in [-0.2, -0.15) is 0 Å². The Morgan fingerprint density at radius 3 is 2.43 bits per heavy atom. The van der Waals surface area contributed by atoms with Crippen molar-refractivity contribution in [3.8, 4) is 11.5 Å². The number of rotatable bonds is 8. The molecule has 0 bridgehead atoms. The van der Waals surface area contributed by atoms with Gasteiger partial charge >= 0.3 is 0 Å². The quantitative estimate of drug-likeness (QED) is 0.610. The minimum atomic E-state index is -0.393. The molecule has 0 saturated heterocycles. The second kappa shape index (κ2) is 8.90. The van der Waals surface area contributed by atoms with Crippen molar-refractivity contribution < 1.29 is 14.3 Å². The Labute approximate surface area is 164 Å². The van der Waals surface area contributed by atoms with Crippen LogP contribution in [0.15, 0.2) is 73.6 Å².